The number of hydrogen-bond acceptors (Lipinski definition) is 6. The Kier molecular flexibility index (Phi) is 6.47. The molecule has 2 aromatic rings. The molecule has 31 heavy (non-hydrogen) atoms. The first kappa shape index (κ1) is 20.9. The highest BCUT2D eigenvalue weighted by atomic mass is 16.6. The molecule has 0 aliphatic carbocycles. The molecular formula is C23H27N5O3. The number of benzene rings is 1. The maximum absolute atomic E-state index is 12.7. The third kappa shape index (κ3) is 5.03. The standard InChI is InChI=1S/C23H27N5O3/c1-25(20-9-13-26(14-10-20)21-7-11-24-12-8-21)28-16-15-27(17-22(28)29)23(30)31-18-19-5-3-2-4-6-19/h2-8,11-12,15-16,20H,9-10,13-14,17-18H2,1H3. The van der Waals surface area contributed by atoms with Crippen LogP contribution < -0.4 is 4.90 Å². The van der Waals surface area contributed by atoms with Crippen LogP contribution in [0.3, 0.4) is 0 Å². The zero-order valence-electron chi connectivity index (χ0n) is 17.6. The van der Waals surface area contributed by atoms with Gasteiger partial charge < -0.3 is 9.64 Å². The molecule has 1 saturated heterocycles. The Morgan fingerprint density at radius 2 is 1.81 bits per heavy atom. The third-order valence-electron chi connectivity index (χ3n) is 5.75. The Morgan fingerprint density at radius 3 is 2.48 bits per heavy atom. The van der Waals surface area contributed by atoms with Gasteiger partial charge in [-0.15, -0.1) is 0 Å². The van der Waals surface area contributed by atoms with Gasteiger partial charge in [0.25, 0.3) is 5.91 Å². The molecule has 1 aromatic heterocycles. The van der Waals surface area contributed by atoms with E-state index in [1.807, 2.05) is 54.5 Å². The molecule has 0 atom stereocenters. The Morgan fingerprint density at radius 1 is 1.10 bits per heavy atom. The molecule has 0 bridgehead atoms. The van der Waals surface area contributed by atoms with Crippen LogP contribution in [0.1, 0.15) is 18.4 Å². The fourth-order valence-corrected chi connectivity index (χ4v) is 3.93. The lowest BCUT2D eigenvalue weighted by molar-refractivity contribution is -0.146. The number of carbonyl (C=O) groups excluding carboxylic acids is 2. The number of piperidine rings is 1. The zero-order chi connectivity index (χ0) is 21.6. The number of hydrogen-bond donors (Lipinski definition) is 0. The van der Waals surface area contributed by atoms with Gasteiger partial charge in [-0.25, -0.2) is 14.8 Å². The molecule has 0 spiro atoms. The molecule has 3 heterocycles. The minimum absolute atomic E-state index is 0.0374. The van der Waals surface area contributed by atoms with Crippen LogP contribution in [0.15, 0.2) is 67.3 Å². The number of hydrazine groups is 1. The first-order valence-corrected chi connectivity index (χ1v) is 10.5. The summed E-state index contributed by atoms with van der Waals surface area (Å²) in [5.74, 6) is -0.154. The van der Waals surface area contributed by atoms with Gasteiger partial charge >= 0.3 is 6.09 Å². The van der Waals surface area contributed by atoms with Gasteiger partial charge in [0.2, 0.25) is 0 Å². The maximum Gasteiger partial charge on any atom is 0.414 e. The predicted octanol–water partition coefficient (Wildman–Crippen LogP) is 2.85. The van der Waals surface area contributed by atoms with E-state index in [-0.39, 0.29) is 25.1 Å². The van der Waals surface area contributed by atoms with Crippen molar-refractivity contribution in [1.29, 1.82) is 0 Å². The van der Waals surface area contributed by atoms with Crippen molar-refractivity contribution in [3.05, 3.63) is 72.8 Å². The number of ether oxygens (including phenoxy) is 1. The van der Waals surface area contributed by atoms with E-state index in [2.05, 4.69) is 9.88 Å². The topological polar surface area (TPSA) is 69.2 Å². The molecule has 2 amide bonds. The van der Waals surface area contributed by atoms with Crippen LogP contribution in [0.25, 0.3) is 0 Å². The highest BCUT2D eigenvalue weighted by Gasteiger charge is 2.31. The van der Waals surface area contributed by atoms with Crippen LogP contribution in [0.4, 0.5) is 10.5 Å². The molecule has 0 unspecified atom stereocenters. The van der Waals surface area contributed by atoms with Crippen molar-refractivity contribution in [3.8, 4) is 0 Å². The summed E-state index contributed by atoms with van der Waals surface area (Å²) >= 11 is 0. The minimum Gasteiger partial charge on any atom is -0.444 e. The molecule has 4 rings (SSSR count). The number of carbonyl (C=O) groups is 2. The molecule has 2 aliphatic heterocycles. The lowest BCUT2D eigenvalue weighted by atomic mass is 10.0. The fraction of sp³-hybridized carbons (Fsp3) is 0.348. The second kappa shape index (κ2) is 9.61. The van der Waals surface area contributed by atoms with E-state index in [1.54, 1.807) is 29.8 Å². The van der Waals surface area contributed by atoms with Crippen molar-refractivity contribution in [3.63, 3.8) is 0 Å². The average molecular weight is 422 g/mol. The summed E-state index contributed by atoms with van der Waals surface area (Å²) in [4.78, 5) is 32.8. The van der Waals surface area contributed by atoms with Gasteiger partial charge in [-0.1, -0.05) is 30.3 Å². The van der Waals surface area contributed by atoms with E-state index in [0.717, 1.165) is 31.5 Å². The van der Waals surface area contributed by atoms with Crippen LogP contribution in [0, 0.1) is 0 Å². The fourth-order valence-electron chi connectivity index (χ4n) is 3.93. The number of amides is 2. The van der Waals surface area contributed by atoms with Crippen molar-refractivity contribution in [2.24, 2.45) is 0 Å². The third-order valence-corrected chi connectivity index (χ3v) is 5.75. The Hall–Kier alpha value is -3.39. The summed E-state index contributed by atoms with van der Waals surface area (Å²) in [6.45, 7) is 1.98. The van der Waals surface area contributed by atoms with Crippen LogP contribution in [0.2, 0.25) is 0 Å². The predicted molar refractivity (Wildman–Crippen MR) is 117 cm³/mol. The molecule has 0 radical (unpaired) electrons. The van der Waals surface area contributed by atoms with E-state index in [1.165, 1.54) is 10.6 Å². The van der Waals surface area contributed by atoms with Gasteiger partial charge in [0.05, 0.1) is 0 Å². The van der Waals surface area contributed by atoms with E-state index >= 15 is 0 Å². The normalized spacial score (nSPS) is 17.4. The van der Waals surface area contributed by atoms with E-state index in [9.17, 15) is 9.59 Å². The smallest absolute Gasteiger partial charge is 0.414 e. The minimum atomic E-state index is -0.526. The van der Waals surface area contributed by atoms with E-state index < -0.39 is 6.09 Å². The quantitative estimate of drug-likeness (QED) is 0.740. The first-order valence-electron chi connectivity index (χ1n) is 10.5. The van der Waals surface area contributed by atoms with Gasteiger partial charge in [-0.05, 0) is 30.5 Å². The molecule has 8 heteroatoms. The Balaban J connectivity index is 1.29. The SMILES string of the molecule is CN(C1CCN(c2ccncc2)CC1)N1C=CN(C(=O)OCc2ccccc2)CC1=O. The highest BCUT2D eigenvalue weighted by Crippen LogP contribution is 2.23. The lowest BCUT2D eigenvalue weighted by Gasteiger charge is -2.42. The summed E-state index contributed by atoms with van der Waals surface area (Å²) in [7, 11) is 1.93. The van der Waals surface area contributed by atoms with Crippen molar-refractivity contribution in [2.45, 2.75) is 25.5 Å². The highest BCUT2D eigenvalue weighted by molar-refractivity contribution is 5.84. The summed E-state index contributed by atoms with van der Waals surface area (Å²) in [5, 5.41) is 3.59. The van der Waals surface area contributed by atoms with E-state index in [0.29, 0.717) is 0 Å². The molecule has 2 aliphatic rings. The molecule has 1 fully saturated rings. The monoisotopic (exact) mass is 421 g/mol. The lowest BCUT2D eigenvalue weighted by Crippen LogP contribution is -2.54. The van der Waals surface area contributed by atoms with E-state index in [4.69, 9.17) is 4.74 Å². The van der Waals surface area contributed by atoms with Crippen LogP contribution in [-0.2, 0) is 16.1 Å². The van der Waals surface area contributed by atoms with Gasteiger partial charge in [0, 0.05) is 56.7 Å². The molecule has 0 saturated carbocycles. The zero-order valence-corrected chi connectivity index (χ0v) is 17.6. The number of pyridine rings is 1. The molecule has 1 aromatic carbocycles. The van der Waals surface area contributed by atoms with Gasteiger partial charge in [0.15, 0.2) is 0 Å². The van der Waals surface area contributed by atoms with Crippen molar-refractivity contribution >= 4 is 17.7 Å². The number of anilines is 1. The average Bonchev–Trinajstić information content (AvgIpc) is 2.83. The van der Waals surface area contributed by atoms with Crippen molar-refractivity contribution < 1.29 is 14.3 Å². The van der Waals surface area contributed by atoms with Crippen molar-refractivity contribution in [1.82, 2.24) is 19.9 Å². The first-order chi connectivity index (χ1) is 15.1. The summed E-state index contributed by atoms with van der Waals surface area (Å²) in [5.41, 5.74) is 2.08. The summed E-state index contributed by atoms with van der Waals surface area (Å²) in [6, 6.07) is 13.8. The maximum atomic E-state index is 12.7. The molecule has 8 nitrogen and oxygen atoms in total. The van der Waals surface area contributed by atoms with Gasteiger partial charge in [0.1, 0.15) is 13.2 Å². The second-order valence-electron chi connectivity index (χ2n) is 7.70. The van der Waals surface area contributed by atoms with Crippen molar-refractivity contribution in [2.75, 3.05) is 31.6 Å². The number of rotatable bonds is 5. The second-order valence-corrected chi connectivity index (χ2v) is 7.70. The van der Waals surface area contributed by atoms with Crippen LogP contribution in [-0.4, -0.2) is 64.6 Å². The Labute approximate surface area is 182 Å². The summed E-state index contributed by atoms with van der Waals surface area (Å²) in [6.07, 6.45) is 8.23. The largest absolute Gasteiger partial charge is 0.444 e. The summed E-state index contributed by atoms with van der Waals surface area (Å²) < 4.78 is 5.32. The molecule has 0 N–H and O–H groups in total. The Bertz CT molecular complexity index is 913. The molecule has 162 valence electrons. The van der Waals surface area contributed by atoms with Gasteiger partial charge in [-0.2, -0.15) is 0 Å². The number of aromatic nitrogens is 1. The van der Waals surface area contributed by atoms with Crippen LogP contribution in [0.5, 0.6) is 0 Å². The molecular weight excluding hydrogens is 394 g/mol. The number of nitrogens with zero attached hydrogens (tertiary/aromatic N) is 5. The van der Waals surface area contributed by atoms with Crippen LogP contribution >= 0.6 is 0 Å². The van der Waals surface area contributed by atoms with Gasteiger partial charge in [-0.3, -0.25) is 14.7 Å².